The second kappa shape index (κ2) is 12.7. The Kier molecular flexibility index (Phi) is 8.70. The lowest BCUT2D eigenvalue weighted by molar-refractivity contribution is -0.124. The van der Waals surface area contributed by atoms with E-state index in [1.807, 2.05) is 42.5 Å². The third kappa shape index (κ3) is 6.61. The van der Waals surface area contributed by atoms with Gasteiger partial charge in [0.2, 0.25) is 5.91 Å². The van der Waals surface area contributed by atoms with Crippen molar-refractivity contribution in [1.29, 1.82) is 0 Å². The maximum atomic E-state index is 14.4. The Labute approximate surface area is 244 Å². The molecule has 1 fully saturated rings. The molecule has 0 unspecified atom stereocenters. The van der Waals surface area contributed by atoms with Crippen molar-refractivity contribution < 1.29 is 18.7 Å². The van der Waals surface area contributed by atoms with Gasteiger partial charge in [-0.3, -0.25) is 14.5 Å². The van der Waals surface area contributed by atoms with Crippen LogP contribution in [-0.4, -0.2) is 41.5 Å². The first-order valence-electron chi connectivity index (χ1n) is 13.4. The van der Waals surface area contributed by atoms with Crippen LogP contribution in [0.15, 0.2) is 103 Å². The number of thiocarbonyl (C=S) groups is 1. The molecule has 1 aliphatic rings. The lowest BCUT2D eigenvalue weighted by atomic mass is 10.0. The van der Waals surface area contributed by atoms with Gasteiger partial charge in [-0.1, -0.05) is 60.7 Å². The molecule has 2 amide bonds. The minimum Gasteiger partial charge on any atom is -0.497 e. The maximum absolute atomic E-state index is 14.4. The third-order valence-corrected chi connectivity index (χ3v) is 7.51. The van der Waals surface area contributed by atoms with Gasteiger partial charge in [-0.05, 0) is 84.2 Å². The molecule has 0 bridgehead atoms. The van der Waals surface area contributed by atoms with Gasteiger partial charge in [-0.25, -0.2) is 4.39 Å². The molecule has 1 atom stereocenters. The molecule has 1 heterocycles. The number of benzene rings is 4. The first-order chi connectivity index (χ1) is 19.9. The zero-order valence-electron chi connectivity index (χ0n) is 22.6. The minimum atomic E-state index is -0.823. The molecule has 208 valence electrons. The predicted molar refractivity (Wildman–Crippen MR) is 163 cm³/mol. The zero-order valence-corrected chi connectivity index (χ0v) is 23.4. The van der Waals surface area contributed by atoms with Crippen LogP contribution >= 0.6 is 12.2 Å². The Bertz CT molecular complexity index is 1530. The Hall–Kier alpha value is -4.56. The second-order valence-electron chi connectivity index (χ2n) is 9.82. The lowest BCUT2D eigenvalue weighted by Gasteiger charge is -2.24. The zero-order chi connectivity index (χ0) is 28.8. The number of anilines is 2. The Morgan fingerprint density at radius 1 is 0.902 bits per heavy atom. The Balaban J connectivity index is 1.35. The monoisotopic (exact) mass is 567 g/mol. The molecule has 6 nitrogen and oxygen atoms in total. The van der Waals surface area contributed by atoms with Crippen molar-refractivity contribution in [2.45, 2.75) is 25.3 Å². The van der Waals surface area contributed by atoms with Crippen molar-refractivity contribution in [2.24, 2.45) is 0 Å². The summed E-state index contributed by atoms with van der Waals surface area (Å²) in [6.07, 6.45) is 0.994. The van der Waals surface area contributed by atoms with Crippen LogP contribution in [0.5, 0.6) is 5.75 Å². The highest BCUT2D eigenvalue weighted by Gasteiger charge is 2.44. The molecule has 0 radical (unpaired) electrons. The molecule has 5 rings (SSSR count). The summed E-state index contributed by atoms with van der Waals surface area (Å²) >= 11 is 5.79. The SMILES string of the molecule is COc1ccc(NC(=O)C[C@@H]2C(=O)N(c3ccc(Cc4ccccc4)cc3)C(=S)N2CCc2ccccc2F)cc1. The second-order valence-corrected chi connectivity index (χ2v) is 10.2. The van der Waals surface area contributed by atoms with Gasteiger partial charge >= 0.3 is 0 Å². The topological polar surface area (TPSA) is 61.9 Å². The van der Waals surface area contributed by atoms with E-state index in [1.54, 1.807) is 54.5 Å². The highest BCUT2D eigenvalue weighted by Crippen LogP contribution is 2.29. The number of ether oxygens (including phenoxy) is 1. The molecule has 4 aromatic rings. The minimum absolute atomic E-state index is 0.106. The summed E-state index contributed by atoms with van der Waals surface area (Å²) in [5.41, 5.74) is 4.03. The number of carbonyl (C=O) groups excluding carboxylic acids is 2. The molecule has 1 aliphatic heterocycles. The van der Waals surface area contributed by atoms with E-state index in [0.29, 0.717) is 34.2 Å². The predicted octanol–water partition coefficient (Wildman–Crippen LogP) is 6.00. The number of nitrogens with one attached hydrogen (secondary N) is 1. The molecule has 4 aromatic carbocycles. The van der Waals surface area contributed by atoms with Crippen molar-refractivity contribution >= 4 is 40.5 Å². The number of hydrogen-bond acceptors (Lipinski definition) is 4. The van der Waals surface area contributed by atoms with Gasteiger partial charge in [0.1, 0.15) is 17.6 Å². The quantitative estimate of drug-likeness (QED) is 0.238. The van der Waals surface area contributed by atoms with E-state index in [2.05, 4.69) is 17.4 Å². The van der Waals surface area contributed by atoms with Crippen LogP contribution in [0, 0.1) is 5.82 Å². The van der Waals surface area contributed by atoms with Crippen LogP contribution < -0.4 is 15.0 Å². The van der Waals surface area contributed by atoms with E-state index in [1.165, 1.54) is 16.5 Å². The lowest BCUT2D eigenvalue weighted by Crippen LogP contribution is -2.39. The van der Waals surface area contributed by atoms with Gasteiger partial charge in [-0.15, -0.1) is 0 Å². The molecule has 0 aliphatic carbocycles. The smallest absolute Gasteiger partial charge is 0.256 e. The summed E-state index contributed by atoms with van der Waals surface area (Å²) in [6, 6.07) is 30.5. The summed E-state index contributed by atoms with van der Waals surface area (Å²) < 4.78 is 19.5. The van der Waals surface area contributed by atoms with Gasteiger partial charge in [0.05, 0.1) is 19.2 Å². The van der Waals surface area contributed by atoms with Gasteiger partial charge in [0.15, 0.2) is 5.11 Å². The van der Waals surface area contributed by atoms with E-state index in [-0.39, 0.29) is 30.6 Å². The average Bonchev–Trinajstić information content (AvgIpc) is 3.22. The first-order valence-corrected chi connectivity index (χ1v) is 13.8. The molecule has 0 spiro atoms. The molecule has 8 heteroatoms. The summed E-state index contributed by atoms with van der Waals surface area (Å²) in [6.45, 7) is 0.286. The number of carbonyl (C=O) groups is 2. The van der Waals surface area contributed by atoms with Crippen molar-refractivity contribution in [3.63, 3.8) is 0 Å². The van der Waals surface area contributed by atoms with Gasteiger partial charge in [-0.2, -0.15) is 0 Å². The Morgan fingerprint density at radius 3 is 2.24 bits per heavy atom. The van der Waals surface area contributed by atoms with Crippen molar-refractivity contribution in [1.82, 2.24) is 4.90 Å². The third-order valence-electron chi connectivity index (χ3n) is 7.10. The van der Waals surface area contributed by atoms with E-state index < -0.39 is 6.04 Å². The van der Waals surface area contributed by atoms with Crippen LogP contribution in [0.25, 0.3) is 0 Å². The van der Waals surface area contributed by atoms with Crippen LogP contribution in [0.3, 0.4) is 0 Å². The molecule has 1 saturated heterocycles. The van der Waals surface area contributed by atoms with Crippen molar-refractivity contribution in [2.75, 3.05) is 23.9 Å². The summed E-state index contributed by atoms with van der Waals surface area (Å²) in [7, 11) is 1.57. The first kappa shape index (κ1) is 28.0. The largest absolute Gasteiger partial charge is 0.497 e. The van der Waals surface area contributed by atoms with Gasteiger partial charge in [0.25, 0.3) is 5.91 Å². The number of hydrogen-bond donors (Lipinski definition) is 1. The molecule has 1 N–H and O–H groups in total. The fourth-order valence-corrected chi connectivity index (χ4v) is 5.34. The number of methoxy groups -OCH3 is 1. The van der Waals surface area contributed by atoms with E-state index >= 15 is 0 Å². The molecule has 41 heavy (non-hydrogen) atoms. The number of rotatable bonds is 10. The van der Waals surface area contributed by atoms with Crippen LogP contribution in [0.4, 0.5) is 15.8 Å². The standard InChI is InChI=1S/C33H30FN3O3S/c1-40-28-17-13-26(14-18-28)35-31(38)22-30-32(39)37(33(41)36(30)20-19-25-9-5-6-10-29(25)34)27-15-11-24(12-16-27)21-23-7-3-2-4-8-23/h2-18,30H,19-22H2,1H3,(H,35,38)/t30-/m1/s1. The summed E-state index contributed by atoms with van der Waals surface area (Å²) in [4.78, 5) is 30.1. The molecule has 0 saturated carbocycles. The molecular weight excluding hydrogens is 537 g/mol. The number of nitrogens with zero attached hydrogens (tertiary/aromatic N) is 2. The number of amides is 2. The van der Waals surface area contributed by atoms with Crippen LogP contribution in [0.2, 0.25) is 0 Å². The van der Waals surface area contributed by atoms with Crippen molar-refractivity contribution in [3.8, 4) is 5.75 Å². The molecule has 0 aromatic heterocycles. The van der Waals surface area contributed by atoms with E-state index in [9.17, 15) is 14.0 Å². The fourth-order valence-electron chi connectivity index (χ4n) is 4.92. The number of halogens is 1. The highest BCUT2D eigenvalue weighted by molar-refractivity contribution is 7.80. The average molecular weight is 568 g/mol. The maximum Gasteiger partial charge on any atom is 0.256 e. The van der Waals surface area contributed by atoms with Crippen molar-refractivity contribution in [3.05, 3.63) is 126 Å². The fraction of sp³-hybridized carbons (Fsp3) is 0.182. The van der Waals surface area contributed by atoms with E-state index in [4.69, 9.17) is 17.0 Å². The van der Waals surface area contributed by atoms with Crippen LogP contribution in [-0.2, 0) is 22.4 Å². The van der Waals surface area contributed by atoms with E-state index in [0.717, 1.165) is 12.0 Å². The van der Waals surface area contributed by atoms with Gasteiger partial charge in [0, 0.05) is 12.2 Å². The molecular formula is C33H30FN3O3S. The van der Waals surface area contributed by atoms with Crippen LogP contribution in [0.1, 0.15) is 23.1 Å². The Morgan fingerprint density at radius 2 is 1.56 bits per heavy atom. The summed E-state index contributed by atoms with van der Waals surface area (Å²) in [5.74, 6) is -0.260. The van der Waals surface area contributed by atoms with Gasteiger partial charge < -0.3 is 15.0 Å². The summed E-state index contributed by atoms with van der Waals surface area (Å²) in [5, 5.41) is 3.14. The normalized spacial score (nSPS) is 14.8. The highest BCUT2D eigenvalue weighted by atomic mass is 32.1.